The summed E-state index contributed by atoms with van der Waals surface area (Å²) in [6, 6.07) is 16.3. The summed E-state index contributed by atoms with van der Waals surface area (Å²) >= 11 is 0. The maximum Gasteiger partial charge on any atom is 0.416 e. The molecule has 6 aromatic rings. The lowest BCUT2D eigenvalue weighted by atomic mass is 9.93. The lowest BCUT2D eigenvalue weighted by Crippen LogP contribution is -2.14. The summed E-state index contributed by atoms with van der Waals surface area (Å²) in [5.74, 6) is 0.813. The van der Waals surface area contributed by atoms with Crippen molar-refractivity contribution in [2.45, 2.75) is 38.8 Å². The number of nitrogens with one attached hydrogen (secondary N) is 1. The molecule has 4 heterocycles. The Bertz CT molecular complexity index is 1960. The minimum absolute atomic E-state index is 0.137. The topological polar surface area (TPSA) is 90.2 Å². The number of halogens is 3. The van der Waals surface area contributed by atoms with E-state index in [1.54, 1.807) is 27.7 Å². The molecule has 0 saturated carbocycles. The van der Waals surface area contributed by atoms with Crippen molar-refractivity contribution >= 4 is 17.2 Å². The van der Waals surface area contributed by atoms with Gasteiger partial charge in [0.15, 0.2) is 5.82 Å². The third-order valence-electron chi connectivity index (χ3n) is 7.32. The normalized spacial score (nSPS) is 12.2. The smallest absolute Gasteiger partial charge is 0.359 e. The van der Waals surface area contributed by atoms with E-state index in [0.29, 0.717) is 17.1 Å². The minimum Gasteiger partial charge on any atom is -0.359 e. The van der Waals surface area contributed by atoms with Crippen LogP contribution in [0, 0.1) is 0 Å². The molecule has 0 spiro atoms. The molecule has 6 rings (SSSR count). The summed E-state index contributed by atoms with van der Waals surface area (Å²) in [6.45, 7) is 5.99. The second kappa shape index (κ2) is 10.8. The van der Waals surface area contributed by atoms with Crippen molar-refractivity contribution in [3.05, 3.63) is 102 Å². The Morgan fingerprint density at radius 2 is 1.52 bits per heavy atom. The van der Waals surface area contributed by atoms with Crippen molar-refractivity contribution in [1.82, 2.24) is 24.6 Å². The van der Waals surface area contributed by atoms with E-state index in [9.17, 15) is 18.0 Å². The third kappa shape index (κ3) is 5.85. The molecule has 0 radical (unpaired) electrons. The van der Waals surface area contributed by atoms with Crippen LogP contribution < -0.4 is 5.32 Å². The molecule has 0 fully saturated rings. The third-order valence-corrected chi connectivity index (χ3v) is 7.32. The van der Waals surface area contributed by atoms with Gasteiger partial charge in [-0.3, -0.25) is 9.48 Å². The highest BCUT2D eigenvalue weighted by Crippen LogP contribution is 2.37. The lowest BCUT2D eigenvalue weighted by molar-refractivity contribution is -0.137. The summed E-state index contributed by atoms with van der Waals surface area (Å²) in [5, 5.41) is 15.6. The van der Waals surface area contributed by atoms with Crippen molar-refractivity contribution in [2.75, 3.05) is 5.32 Å². The van der Waals surface area contributed by atoms with E-state index in [0.717, 1.165) is 51.0 Å². The van der Waals surface area contributed by atoms with Gasteiger partial charge in [0.1, 0.15) is 5.76 Å². The molecule has 8 nitrogen and oxygen atoms in total. The molecule has 224 valence electrons. The van der Waals surface area contributed by atoms with Crippen molar-refractivity contribution in [1.29, 1.82) is 0 Å². The zero-order valence-corrected chi connectivity index (χ0v) is 24.5. The van der Waals surface area contributed by atoms with Crippen LogP contribution in [0.4, 0.5) is 19.0 Å². The number of hydrogen-bond donors (Lipinski definition) is 1. The molecular formula is C33H29F3N6O2. The summed E-state index contributed by atoms with van der Waals surface area (Å²) in [4.78, 5) is 12.7. The van der Waals surface area contributed by atoms with Crippen molar-refractivity contribution in [2.24, 2.45) is 7.05 Å². The highest BCUT2D eigenvalue weighted by molar-refractivity contribution is 5.95. The van der Waals surface area contributed by atoms with Crippen LogP contribution in [0.5, 0.6) is 0 Å². The van der Waals surface area contributed by atoms with Crippen LogP contribution in [0.1, 0.15) is 37.7 Å². The number of pyridine rings is 1. The monoisotopic (exact) mass is 598 g/mol. The van der Waals surface area contributed by atoms with Gasteiger partial charge in [0.2, 0.25) is 5.91 Å². The predicted octanol–water partition coefficient (Wildman–Crippen LogP) is 7.55. The van der Waals surface area contributed by atoms with Crippen molar-refractivity contribution < 1.29 is 22.5 Å². The number of aryl methyl sites for hydroxylation is 1. The molecular weight excluding hydrogens is 569 g/mol. The number of benzene rings is 2. The average Bonchev–Trinajstić information content (AvgIpc) is 3.72. The van der Waals surface area contributed by atoms with E-state index in [4.69, 9.17) is 4.52 Å². The van der Waals surface area contributed by atoms with Gasteiger partial charge in [-0.1, -0.05) is 62.3 Å². The van der Waals surface area contributed by atoms with Gasteiger partial charge in [-0.15, -0.1) is 0 Å². The molecule has 0 aliphatic carbocycles. The first-order chi connectivity index (χ1) is 20.8. The van der Waals surface area contributed by atoms with E-state index in [1.807, 2.05) is 70.5 Å². The van der Waals surface area contributed by atoms with Gasteiger partial charge in [-0.05, 0) is 34.9 Å². The molecule has 11 heteroatoms. The largest absolute Gasteiger partial charge is 0.416 e. The van der Waals surface area contributed by atoms with Crippen molar-refractivity contribution in [3.8, 4) is 33.4 Å². The van der Waals surface area contributed by atoms with Crippen LogP contribution in [0.2, 0.25) is 0 Å². The lowest BCUT2D eigenvalue weighted by Gasteiger charge is -2.12. The van der Waals surface area contributed by atoms with E-state index in [2.05, 4.69) is 20.7 Å². The van der Waals surface area contributed by atoms with E-state index in [1.165, 1.54) is 12.1 Å². The number of carbonyl (C=O) groups excluding carboxylic acids is 1. The maximum absolute atomic E-state index is 13.3. The SMILES string of the molecule is Cn1cc(-c2cc(-c3ccc(C(F)(F)F)cc3)c3c(-c4ccc(CC(=O)Nc5cc(C(C)(C)C)on5)cc4)cnn3c2)cn1. The number of anilines is 1. The second-order valence-electron chi connectivity index (χ2n) is 11.7. The summed E-state index contributed by atoms with van der Waals surface area (Å²) in [7, 11) is 1.81. The number of rotatable bonds is 6. The maximum atomic E-state index is 13.3. The highest BCUT2D eigenvalue weighted by Gasteiger charge is 2.30. The first kappa shape index (κ1) is 28.9. The minimum atomic E-state index is -4.43. The van der Waals surface area contributed by atoms with Crippen LogP contribution in [0.15, 0.2) is 90.0 Å². The standard InChI is InChI=1S/C33H29F3N6O2/c1-32(2,3)28-15-29(40-44-28)39-30(43)13-20-5-7-22(8-6-20)27-17-38-42-19-23(24-16-37-41(4)18-24)14-26(31(27)42)21-9-11-25(12-10-21)33(34,35)36/h5-12,14-19H,13H2,1-4H3,(H,39,40,43). The summed E-state index contributed by atoms with van der Waals surface area (Å²) < 4.78 is 48.7. The Labute approximate surface area is 251 Å². The summed E-state index contributed by atoms with van der Waals surface area (Å²) in [6.07, 6.45) is 2.90. The van der Waals surface area contributed by atoms with Gasteiger partial charge in [0, 0.05) is 53.2 Å². The first-order valence-electron chi connectivity index (χ1n) is 13.9. The van der Waals surface area contributed by atoms with Gasteiger partial charge >= 0.3 is 6.18 Å². The fraction of sp³-hybridized carbons (Fsp3) is 0.212. The molecule has 1 N–H and O–H groups in total. The fourth-order valence-electron chi connectivity index (χ4n) is 4.98. The Kier molecular flexibility index (Phi) is 7.11. The Morgan fingerprint density at radius 3 is 2.14 bits per heavy atom. The van der Waals surface area contributed by atoms with Gasteiger partial charge in [0.05, 0.1) is 29.9 Å². The Hall–Kier alpha value is -5.19. The number of alkyl halides is 3. The Balaban J connectivity index is 1.32. The van der Waals surface area contributed by atoms with Gasteiger partial charge in [-0.2, -0.15) is 23.4 Å². The molecule has 0 atom stereocenters. The molecule has 4 aromatic heterocycles. The van der Waals surface area contributed by atoms with Crippen LogP contribution in [-0.4, -0.2) is 30.5 Å². The fourth-order valence-corrected chi connectivity index (χ4v) is 4.98. The molecule has 0 aliphatic heterocycles. The zero-order valence-electron chi connectivity index (χ0n) is 24.5. The summed E-state index contributed by atoms with van der Waals surface area (Å²) in [5.41, 5.74) is 5.24. The van der Waals surface area contributed by atoms with Crippen LogP contribution in [0.25, 0.3) is 38.9 Å². The van der Waals surface area contributed by atoms with Gasteiger partial charge < -0.3 is 9.84 Å². The quantitative estimate of drug-likeness (QED) is 0.214. The highest BCUT2D eigenvalue weighted by atomic mass is 19.4. The van der Waals surface area contributed by atoms with E-state index < -0.39 is 11.7 Å². The van der Waals surface area contributed by atoms with Crippen LogP contribution in [0.3, 0.4) is 0 Å². The zero-order chi connectivity index (χ0) is 31.2. The van der Waals surface area contributed by atoms with Gasteiger partial charge in [-0.25, -0.2) is 4.52 Å². The molecule has 1 amide bonds. The number of amides is 1. The molecule has 2 aromatic carbocycles. The van der Waals surface area contributed by atoms with Crippen molar-refractivity contribution in [3.63, 3.8) is 0 Å². The molecule has 0 bridgehead atoms. The number of hydrogen-bond acceptors (Lipinski definition) is 5. The van der Waals surface area contributed by atoms with Gasteiger partial charge in [0.25, 0.3) is 0 Å². The Morgan fingerprint density at radius 1 is 0.841 bits per heavy atom. The number of carbonyl (C=O) groups is 1. The molecule has 0 unspecified atom stereocenters. The number of nitrogens with zero attached hydrogens (tertiary/aromatic N) is 5. The molecule has 44 heavy (non-hydrogen) atoms. The van der Waals surface area contributed by atoms with E-state index in [-0.39, 0.29) is 17.7 Å². The number of fused-ring (bicyclic) bond motifs is 1. The number of aromatic nitrogens is 5. The van der Waals surface area contributed by atoms with Crippen LogP contribution in [-0.2, 0) is 29.9 Å². The average molecular weight is 599 g/mol. The first-order valence-corrected chi connectivity index (χ1v) is 13.9. The second-order valence-corrected chi connectivity index (χ2v) is 11.7. The molecule has 0 aliphatic rings. The molecule has 0 saturated heterocycles. The predicted molar refractivity (Wildman–Crippen MR) is 161 cm³/mol. The van der Waals surface area contributed by atoms with Crippen LogP contribution >= 0.6 is 0 Å². The van der Waals surface area contributed by atoms with E-state index >= 15 is 0 Å².